The number of hydrogen-bond acceptors (Lipinski definition) is 5. The van der Waals surface area contributed by atoms with E-state index in [1.807, 2.05) is 73.7 Å². The molecule has 164 valence electrons. The molecule has 6 nitrogen and oxygen atoms in total. The average Bonchev–Trinajstić information content (AvgIpc) is 3.45. The van der Waals surface area contributed by atoms with Crippen LogP contribution in [0.5, 0.6) is 0 Å². The fourth-order valence-corrected chi connectivity index (χ4v) is 5.74. The molecule has 1 saturated heterocycles. The van der Waals surface area contributed by atoms with Crippen molar-refractivity contribution >= 4 is 20.6 Å². The maximum atomic E-state index is 13.5. The molecular weight excluding hydrogens is 420 g/mol. The molecule has 1 unspecified atom stereocenters. The summed E-state index contributed by atoms with van der Waals surface area (Å²) in [5.41, 5.74) is 2.94. The number of nitrogens with zero attached hydrogens (tertiary/aromatic N) is 3. The molecule has 0 bridgehead atoms. The zero-order chi connectivity index (χ0) is 22.1. The maximum Gasteiger partial charge on any atom is 0.250 e. The van der Waals surface area contributed by atoms with Crippen molar-refractivity contribution in [3.63, 3.8) is 0 Å². The highest BCUT2D eigenvalue weighted by Crippen LogP contribution is 2.26. The number of fused-ring (bicyclic) bond motifs is 1. The lowest BCUT2D eigenvalue weighted by molar-refractivity contribution is 0.535. The number of sulfone groups is 1. The molecule has 0 amide bonds. The lowest BCUT2D eigenvalue weighted by Crippen LogP contribution is -2.21. The van der Waals surface area contributed by atoms with E-state index in [9.17, 15) is 8.42 Å². The van der Waals surface area contributed by atoms with E-state index < -0.39 is 9.84 Å². The average molecular weight is 447 g/mol. The van der Waals surface area contributed by atoms with Gasteiger partial charge in [-0.15, -0.1) is 10.2 Å². The highest BCUT2D eigenvalue weighted by atomic mass is 32.2. The molecule has 0 radical (unpaired) electrons. The van der Waals surface area contributed by atoms with Crippen LogP contribution in [0.15, 0.2) is 71.9 Å². The first kappa shape index (κ1) is 20.8. The third kappa shape index (κ3) is 4.18. The summed E-state index contributed by atoms with van der Waals surface area (Å²) >= 11 is 0. The minimum Gasteiger partial charge on any atom is -0.307 e. The molecule has 1 N–H and O–H groups in total. The van der Waals surface area contributed by atoms with Crippen molar-refractivity contribution in [1.82, 2.24) is 20.1 Å². The predicted octanol–water partition coefficient (Wildman–Crippen LogP) is 4.19. The molecule has 5 rings (SSSR count). The van der Waals surface area contributed by atoms with Gasteiger partial charge in [-0.25, -0.2) is 8.42 Å². The van der Waals surface area contributed by atoms with Gasteiger partial charge in [0.2, 0.25) is 15.0 Å². The Morgan fingerprint density at radius 2 is 1.72 bits per heavy atom. The van der Waals surface area contributed by atoms with Crippen molar-refractivity contribution in [2.45, 2.75) is 43.3 Å². The zero-order valence-corrected chi connectivity index (χ0v) is 18.8. The van der Waals surface area contributed by atoms with Gasteiger partial charge >= 0.3 is 0 Å². The molecule has 7 heteroatoms. The van der Waals surface area contributed by atoms with Crippen LogP contribution in [-0.4, -0.2) is 29.7 Å². The van der Waals surface area contributed by atoms with Crippen LogP contribution in [0.2, 0.25) is 0 Å². The van der Waals surface area contributed by atoms with Gasteiger partial charge in [-0.3, -0.25) is 4.57 Å². The van der Waals surface area contributed by atoms with E-state index in [-0.39, 0.29) is 17.0 Å². The Morgan fingerprint density at radius 3 is 2.47 bits per heavy atom. The number of benzene rings is 3. The van der Waals surface area contributed by atoms with Crippen molar-refractivity contribution in [2.24, 2.45) is 0 Å². The molecular formula is C25H26N4O2S. The Labute approximate surface area is 188 Å². The Balaban J connectivity index is 1.52. The Kier molecular flexibility index (Phi) is 5.53. The number of hydrogen-bond donors (Lipinski definition) is 1. The molecule has 1 fully saturated rings. The first-order chi connectivity index (χ1) is 15.5. The third-order valence-corrected chi connectivity index (χ3v) is 7.60. The SMILES string of the molecule is Cc1ccc(Cn2c(C3CCCN3)nnc2S(=O)(=O)Cc2ccc3ccccc3c2)cc1. The minimum atomic E-state index is -3.69. The molecule has 1 aliphatic rings. The fraction of sp³-hybridized carbons (Fsp3) is 0.280. The van der Waals surface area contributed by atoms with Crippen LogP contribution in [0.3, 0.4) is 0 Å². The van der Waals surface area contributed by atoms with Gasteiger partial charge in [0.15, 0.2) is 5.82 Å². The molecule has 0 spiro atoms. The number of aryl methyl sites for hydroxylation is 1. The van der Waals surface area contributed by atoms with Gasteiger partial charge in [-0.1, -0.05) is 72.3 Å². The fourth-order valence-electron chi connectivity index (χ4n) is 4.33. The van der Waals surface area contributed by atoms with Gasteiger partial charge in [0, 0.05) is 0 Å². The second kappa shape index (κ2) is 8.48. The van der Waals surface area contributed by atoms with Gasteiger partial charge < -0.3 is 5.32 Å². The first-order valence-electron chi connectivity index (χ1n) is 10.9. The Hall–Kier alpha value is -3.03. The van der Waals surface area contributed by atoms with E-state index in [0.717, 1.165) is 41.3 Å². The molecule has 0 aliphatic carbocycles. The normalized spacial score (nSPS) is 16.6. The number of nitrogens with one attached hydrogen (secondary N) is 1. The summed E-state index contributed by atoms with van der Waals surface area (Å²) in [7, 11) is -3.69. The van der Waals surface area contributed by atoms with E-state index in [2.05, 4.69) is 15.5 Å². The van der Waals surface area contributed by atoms with Gasteiger partial charge in [-0.05, 0) is 48.2 Å². The van der Waals surface area contributed by atoms with E-state index in [4.69, 9.17) is 0 Å². The highest BCUT2D eigenvalue weighted by Gasteiger charge is 2.30. The second-order valence-corrected chi connectivity index (χ2v) is 10.4. The summed E-state index contributed by atoms with van der Waals surface area (Å²) in [5.74, 6) is 0.585. The van der Waals surface area contributed by atoms with Gasteiger partial charge in [0.05, 0.1) is 18.3 Å². The van der Waals surface area contributed by atoms with Crippen LogP contribution in [0, 0.1) is 6.92 Å². The molecule has 1 aromatic heterocycles. The zero-order valence-electron chi connectivity index (χ0n) is 18.0. The van der Waals surface area contributed by atoms with Crippen LogP contribution in [0.25, 0.3) is 10.8 Å². The molecule has 3 aromatic carbocycles. The Morgan fingerprint density at radius 1 is 0.969 bits per heavy atom. The molecule has 32 heavy (non-hydrogen) atoms. The van der Waals surface area contributed by atoms with Crippen molar-refractivity contribution in [3.05, 3.63) is 89.2 Å². The largest absolute Gasteiger partial charge is 0.307 e. The number of rotatable bonds is 6. The van der Waals surface area contributed by atoms with Crippen LogP contribution in [0.4, 0.5) is 0 Å². The van der Waals surface area contributed by atoms with E-state index in [1.54, 1.807) is 4.57 Å². The summed E-state index contributed by atoms with van der Waals surface area (Å²) in [5, 5.41) is 14.1. The topological polar surface area (TPSA) is 76.9 Å². The molecule has 1 aliphatic heterocycles. The summed E-state index contributed by atoms with van der Waals surface area (Å²) in [6.45, 7) is 3.37. The van der Waals surface area contributed by atoms with Crippen molar-refractivity contribution in [2.75, 3.05) is 6.54 Å². The molecule has 0 saturated carbocycles. The van der Waals surface area contributed by atoms with Crippen LogP contribution in [0.1, 0.15) is 41.4 Å². The monoisotopic (exact) mass is 446 g/mol. The van der Waals surface area contributed by atoms with Crippen molar-refractivity contribution in [3.8, 4) is 0 Å². The van der Waals surface area contributed by atoms with Crippen molar-refractivity contribution in [1.29, 1.82) is 0 Å². The first-order valence-corrected chi connectivity index (χ1v) is 12.6. The third-order valence-electron chi connectivity index (χ3n) is 6.03. The van der Waals surface area contributed by atoms with Crippen LogP contribution >= 0.6 is 0 Å². The van der Waals surface area contributed by atoms with Crippen LogP contribution < -0.4 is 5.32 Å². The van der Waals surface area contributed by atoms with Crippen LogP contribution in [-0.2, 0) is 22.1 Å². The van der Waals surface area contributed by atoms with E-state index in [1.165, 1.54) is 5.56 Å². The molecule has 2 heterocycles. The van der Waals surface area contributed by atoms with Crippen molar-refractivity contribution < 1.29 is 8.42 Å². The smallest absolute Gasteiger partial charge is 0.250 e. The highest BCUT2D eigenvalue weighted by molar-refractivity contribution is 7.90. The lowest BCUT2D eigenvalue weighted by atomic mass is 10.1. The maximum absolute atomic E-state index is 13.5. The summed E-state index contributed by atoms with van der Waals surface area (Å²) in [6, 6.07) is 21.9. The van der Waals surface area contributed by atoms with E-state index in [0.29, 0.717) is 12.4 Å². The van der Waals surface area contributed by atoms with E-state index >= 15 is 0 Å². The standard InChI is InChI=1S/C25H26N4O2S/c1-18-8-10-19(11-9-18)16-29-24(23-7-4-14-26-23)27-28-25(29)32(30,31)17-20-12-13-21-5-2-3-6-22(21)15-20/h2-3,5-6,8-13,15,23,26H,4,7,14,16-17H2,1H3. The van der Waals surface area contributed by atoms with Gasteiger partial charge in [0.1, 0.15) is 0 Å². The Bertz CT molecular complexity index is 1350. The lowest BCUT2D eigenvalue weighted by Gasteiger charge is -2.15. The minimum absolute atomic E-state index is 0.0255. The number of aromatic nitrogens is 3. The summed E-state index contributed by atoms with van der Waals surface area (Å²) in [4.78, 5) is 0. The second-order valence-electron chi connectivity index (χ2n) is 8.50. The quantitative estimate of drug-likeness (QED) is 0.481. The van der Waals surface area contributed by atoms with Gasteiger partial charge in [-0.2, -0.15) is 0 Å². The summed E-state index contributed by atoms with van der Waals surface area (Å²) < 4.78 is 28.8. The molecule has 4 aromatic rings. The van der Waals surface area contributed by atoms with Gasteiger partial charge in [0.25, 0.3) is 0 Å². The summed E-state index contributed by atoms with van der Waals surface area (Å²) in [6.07, 6.45) is 1.97. The molecule has 1 atom stereocenters. The predicted molar refractivity (Wildman–Crippen MR) is 125 cm³/mol.